The normalized spacial score (nSPS) is 26.8. The van der Waals surface area contributed by atoms with E-state index in [9.17, 15) is 19.8 Å². The average Bonchev–Trinajstić information content (AvgIpc) is 3.41. The van der Waals surface area contributed by atoms with Crippen LogP contribution in [-0.4, -0.2) is 46.9 Å². The molecule has 1 atom stereocenters. The van der Waals surface area contributed by atoms with Gasteiger partial charge in [-0.3, -0.25) is 4.79 Å². The third-order valence-electron chi connectivity index (χ3n) is 7.09. The summed E-state index contributed by atoms with van der Waals surface area (Å²) in [4.78, 5) is 28.6. The van der Waals surface area contributed by atoms with Gasteiger partial charge in [0.1, 0.15) is 4.88 Å². The number of aliphatic hydroxyl groups excluding tert-OH is 1. The third-order valence-corrected chi connectivity index (χ3v) is 8.12. The predicted molar refractivity (Wildman–Crippen MR) is 129 cm³/mol. The predicted octanol–water partition coefficient (Wildman–Crippen LogP) is 4.61. The van der Waals surface area contributed by atoms with Gasteiger partial charge in [-0.2, -0.15) is 0 Å². The Morgan fingerprint density at radius 1 is 1.30 bits per heavy atom. The highest BCUT2D eigenvalue weighted by atomic mass is 32.1. The Labute approximate surface area is 199 Å². The minimum atomic E-state index is -1.04. The molecule has 1 aromatic rings. The van der Waals surface area contributed by atoms with Gasteiger partial charge in [0.2, 0.25) is 5.91 Å². The smallest absolute Gasteiger partial charge is 0.348 e. The second-order valence-corrected chi connectivity index (χ2v) is 11.4. The maximum absolute atomic E-state index is 13.8. The van der Waals surface area contributed by atoms with Crippen molar-refractivity contribution in [2.75, 3.05) is 18.1 Å². The number of carbonyl (C=O) groups is 2. The van der Waals surface area contributed by atoms with Gasteiger partial charge in [-0.05, 0) is 71.8 Å². The molecule has 1 saturated heterocycles. The number of carboxylic acid groups (broad SMARTS) is 1. The van der Waals surface area contributed by atoms with Crippen molar-refractivity contribution in [1.82, 2.24) is 0 Å². The molecule has 3 aliphatic rings. The van der Waals surface area contributed by atoms with Crippen molar-refractivity contribution in [2.45, 2.75) is 77.4 Å². The highest BCUT2D eigenvalue weighted by Gasteiger charge is 2.49. The number of hydrogen-bond acceptors (Lipinski definition) is 5. The van der Waals surface area contributed by atoms with Crippen LogP contribution < -0.4 is 4.90 Å². The van der Waals surface area contributed by atoms with Gasteiger partial charge in [-0.15, -0.1) is 11.3 Å². The quantitative estimate of drug-likeness (QED) is 0.372. The molecular formula is C26H33NO5S. The van der Waals surface area contributed by atoms with Crippen molar-refractivity contribution < 1.29 is 24.5 Å². The number of allylic oxidation sites excluding steroid dienone is 2. The van der Waals surface area contributed by atoms with E-state index >= 15 is 0 Å². The number of thiophene rings is 1. The van der Waals surface area contributed by atoms with Crippen molar-refractivity contribution in [3.63, 3.8) is 0 Å². The number of amides is 1. The fourth-order valence-corrected chi connectivity index (χ4v) is 5.55. The molecule has 1 aliphatic heterocycles. The van der Waals surface area contributed by atoms with Gasteiger partial charge in [-0.25, -0.2) is 4.79 Å². The first kappa shape index (κ1) is 24.0. The summed E-state index contributed by atoms with van der Waals surface area (Å²) in [5, 5.41) is 19.5. The lowest BCUT2D eigenvalue weighted by Gasteiger charge is -2.38. The summed E-state index contributed by atoms with van der Waals surface area (Å²) in [7, 11) is 0. The number of nitrogens with zero attached hydrogens (tertiary/aromatic N) is 1. The van der Waals surface area contributed by atoms with Crippen LogP contribution in [0.25, 0.3) is 0 Å². The largest absolute Gasteiger partial charge is 0.477 e. The molecule has 2 heterocycles. The Bertz CT molecular complexity index is 1010. The van der Waals surface area contributed by atoms with Gasteiger partial charge in [-0.1, -0.05) is 23.5 Å². The molecule has 1 spiro atoms. The lowest BCUT2D eigenvalue weighted by atomic mass is 9.83. The highest BCUT2D eigenvalue weighted by Crippen LogP contribution is 2.45. The number of carbonyl (C=O) groups excluding carboxylic acids is 1. The van der Waals surface area contributed by atoms with E-state index in [1.807, 2.05) is 13.8 Å². The molecule has 1 aromatic heterocycles. The van der Waals surface area contributed by atoms with Gasteiger partial charge in [0.05, 0.1) is 29.4 Å². The molecule has 0 unspecified atom stereocenters. The zero-order valence-corrected chi connectivity index (χ0v) is 20.5. The molecule has 0 aromatic carbocycles. The van der Waals surface area contributed by atoms with Crippen LogP contribution in [0.3, 0.4) is 0 Å². The van der Waals surface area contributed by atoms with Gasteiger partial charge in [0.25, 0.3) is 0 Å². The molecule has 2 N–H and O–H groups in total. The second kappa shape index (κ2) is 9.25. The number of aliphatic hydroxyl groups is 1. The molecule has 2 fully saturated rings. The molecule has 1 saturated carbocycles. The fraction of sp³-hybridized carbons (Fsp3) is 0.615. The molecule has 2 aliphatic carbocycles. The summed E-state index contributed by atoms with van der Waals surface area (Å²) in [6, 6.07) is 1.72. The van der Waals surface area contributed by atoms with Crippen molar-refractivity contribution >= 4 is 28.9 Å². The number of anilines is 1. The van der Waals surface area contributed by atoms with Crippen molar-refractivity contribution in [2.24, 2.45) is 11.3 Å². The van der Waals surface area contributed by atoms with Gasteiger partial charge in [0.15, 0.2) is 0 Å². The fourth-order valence-electron chi connectivity index (χ4n) is 4.70. The van der Waals surface area contributed by atoms with E-state index in [2.05, 4.69) is 24.8 Å². The van der Waals surface area contributed by atoms with Gasteiger partial charge >= 0.3 is 5.97 Å². The monoisotopic (exact) mass is 471 g/mol. The molecule has 33 heavy (non-hydrogen) atoms. The van der Waals surface area contributed by atoms with E-state index in [1.54, 1.807) is 11.0 Å². The standard InChI is InChI=1S/C26H33NO5S/c1-17-4-6-18(7-5-17)23(29)27(19-8-12-26(13-9-19)16-32-26)21-14-20(33-22(21)24(30)31)10-11-25(2,3)15-28/h4,14,18-19,28H,5-9,12-13,15-16H2,1-3H3,(H,30,31)/t18-,19-,26+/m0/s1. The number of ether oxygens (including phenoxy) is 1. The molecule has 0 bridgehead atoms. The number of rotatable bonds is 5. The van der Waals surface area contributed by atoms with Crippen LogP contribution in [0.2, 0.25) is 0 Å². The summed E-state index contributed by atoms with van der Waals surface area (Å²) < 4.78 is 5.66. The van der Waals surface area contributed by atoms with Crippen LogP contribution in [0.1, 0.15) is 80.3 Å². The van der Waals surface area contributed by atoms with Crippen LogP contribution in [0.4, 0.5) is 5.69 Å². The SMILES string of the molecule is CC1=CC[C@H](C(=O)N(c2cc(C#CC(C)(C)CO)sc2C(=O)O)[C@H]2CC[C@@]3(CC2)CO3)CC1. The molecule has 1 amide bonds. The molecule has 7 heteroatoms. The molecule has 4 rings (SSSR count). The summed E-state index contributed by atoms with van der Waals surface area (Å²) in [5.74, 6) is 4.91. The summed E-state index contributed by atoms with van der Waals surface area (Å²) >= 11 is 1.10. The maximum atomic E-state index is 13.8. The Morgan fingerprint density at radius 3 is 2.55 bits per heavy atom. The second-order valence-electron chi connectivity index (χ2n) is 10.4. The van der Waals surface area contributed by atoms with Crippen molar-refractivity contribution in [3.05, 3.63) is 27.5 Å². The first-order chi connectivity index (χ1) is 15.6. The van der Waals surface area contributed by atoms with Crippen LogP contribution in [0.15, 0.2) is 17.7 Å². The number of epoxide rings is 1. The molecule has 6 nitrogen and oxygen atoms in total. The Balaban J connectivity index is 1.69. The van der Waals surface area contributed by atoms with Crippen LogP contribution >= 0.6 is 11.3 Å². The maximum Gasteiger partial charge on any atom is 0.348 e. The lowest BCUT2D eigenvalue weighted by molar-refractivity contribution is -0.123. The number of carboxylic acids is 1. The van der Waals surface area contributed by atoms with Gasteiger partial charge in [0, 0.05) is 17.4 Å². The Kier molecular flexibility index (Phi) is 6.73. The Morgan fingerprint density at radius 2 is 2.00 bits per heavy atom. The average molecular weight is 472 g/mol. The Hall–Kier alpha value is -2.14. The van der Waals surface area contributed by atoms with E-state index in [4.69, 9.17) is 4.74 Å². The van der Waals surface area contributed by atoms with Crippen LogP contribution in [0.5, 0.6) is 0 Å². The summed E-state index contributed by atoms with van der Waals surface area (Å²) in [6.07, 6.45) is 7.93. The van der Waals surface area contributed by atoms with Crippen LogP contribution in [-0.2, 0) is 9.53 Å². The lowest BCUT2D eigenvalue weighted by Crippen LogP contribution is -2.47. The van der Waals surface area contributed by atoms with Crippen molar-refractivity contribution in [3.8, 4) is 11.8 Å². The topological polar surface area (TPSA) is 90.4 Å². The minimum Gasteiger partial charge on any atom is -0.477 e. The molecule has 0 radical (unpaired) electrons. The number of aromatic carboxylic acids is 1. The zero-order valence-electron chi connectivity index (χ0n) is 19.6. The third kappa shape index (κ3) is 5.34. The minimum absolute atomic E-state index is 0.00725. The zero-order chi connectivity index (χ0) is 23.8. The first-order valence-electron chi connectivity index (χ1n) is 11.8. The van der Waals surface area contributed by atoms with Crippen LogP contribution in [0, 0.1) is 23.2 Å². The number of hydrogen-bond donors (Lipinski definition) is 2. The summed E-state index contributed by atoms with van der Waals surface area (Å²) in [5.41, 5.74) is 1.18. The summed E-state index contributed by atoms with van der Waals surface area (Å²) in [6.45, 7) is 6.46. The van der Waals surface area contributed by atoms with E-state index in [1.165, 1.54) is 5.57 Å². The van der Waals surface area contributed by atoms with Crippen molar-refractivity contribution in [1.29, 1.82) is 0 Å². The van der Waals surface area contributed by atoms with E-state index < -0.39 is 11.4 Å². The molecular weight excluding hydrogens is 438 g/mol. The first-order valence-corrected chi connectivity index (χ1v) is 12.6. The highest BCUT2D eigenvalue weighted by molar-refractivity contribution is 7.15. The molecule has 178 valence electrons. The van der Waals surface area contributed by atoms with Gasteiger partial charge < -0.3 is 19.8 Å². The van der Waals surface area contributed by atoms with E-state index in [0.717, 1.165) is 56.5 Å². The van der Waals surface area contributed by atoms with E-state index in [-0.39, 0.29) is 35.0 Å². The van der Waals surface area contributed by atoms with E-state index in [0.29, 0.717) is 17.0 Å².